The van der Waals surface area contributed by atoms with Gasteiger partial charge in [-0.3, -0.25) is 4.99 Å². The molecular weight excluding hydrogens is 513 g/mol. The van der Waals surface area contributed by atoms with Gasteiger partial charge in [0, 0.05) is 31.4 Å². The molecule has 0 atom stereocenters. The van der Waals surface area contributed by atoms with E-state index in [1.807, 2.05) is 12.1 Å². The van der Waals surface area contributed by atoms with Gasteiger partial charge < -0.3 is 15.4 Å². The van der Waals surface area contributed by atoms with Gasteiger partial charge in [0.25, 0.3) is 0 Å². The van der Waals surface area contributed by atoms with E-state index in [1.54, 1.807) is 44.5 Å². The molecule has 9 heteroatoms. The number of aliphatic imine (C=N–C) groups is 1. The Kier molecular flexibility index (Phi) is 10.0. The minimum Gasteiger partial charge on any atom is -0.497 e. The summed E-state index contributed by atoms with van der Waals surface area (Å²) >= 11 is 6.25. The highest BCUT2D eigenvalue weighted by atomic mass is 127. The number of nitrogens with zero attached hydrogens (tertiary/aromatic N) is 1. The van der Waals surface area contributed by atoms with E-state index < -0.39 is 9.84 Å². The molecule has 0 unspecified atom stereocenters. The molecule has 154 valence electrons. The van der Waals surface area contributed by atoms with Gasteiger partial charge in [-0.1, -0.05) is 29.8 Å². The van der Waals surface area contributed by atoms with Crippen molar-refractivity contribution in [2.45, 2.75) is 17.9 Å². The van der Waals surface area contributed by atoms with Crippen molar-refractivity contribution in [3.8, 4) is 5.75 Å². The Morgan fingerprint density at radius 3 is 2.36 bits per heavy atom. The van der Waals surface area contributed by atoms with Gasteiger partial charge in [0.15, 0.2) is 15.8 Å². The molecule has 2 aromatic carbocycles. The van der Waals surface area contributed by atoms with Crippen LogP contribution in [0, 0.1) is 0 Å². The summed E-state index contributed by atoms with van der Waals surface area (Å²) in [6, 6.07) is 12.4. The number of hydrogen-bond donors (Lipinski definition) is 2. The zero-order valence-corrected chi connectivity index (χ0v) is 19.9. The lowest BCUT2D eigenvalue weighted by molar-refractivity contribution is 0.414. The predicted octanol–water partition coefficient (Wildman–Crippen LogP) is 3.28. The van der Waals surface area contributed by atoms with Crippen LogP contribution in [-0.4, -0.2) is 41.3 Å². The number of hydrogen-bond acceptors (Lipinski definition) is 4. The minimum absolute atomic E-state index is 0. The second-order valence-electron chi connectivity index (χ2n) is 5.98. The largest absolute Gasteiger partial charge is 0.497 e. The zero-order chi connectivity index (χ0) is 19.9. The van der Waals surface area contributed by atoms with Gasteiger partial charge in [-0.05, 0) is 41.8 Å². The second kappa shape index (κ2) is 11.5. The van der Waals surface area contributed by atoms with Crippen LogP contribution in [-0.2, 0) is 22.8 Å². The molecule has 0 bridgehead atoms. The number of methoxy groups -OCH3 is 1. The Balaban J connectivity index is 0.00000392. The van der Waals surface area contributed by atoms with Gasteiger partial charge in [0.05, 0.1) is 12.0 Å². The molecule has 0 radical (unpaired) electrons. The molecule has 0 fully saturated rings. The summed E-state index contributed by atoms with van der Waals surface area (Å²) in [6.07, 6.45) is 1.94. The van der Waals surface area contributed by atoms with Crippen LogP contribution >= 0.6 is 35.6 Å². The van der Waals surface area contributed by atoms with Gasteiger partial charge >= 0.3 is 0 Å². The van der Waals surface area contributed by atoms with E-state index in [-0.39, 0.29) is 24.0 Å². The van der Waals surface area contributed by atoms with E-state index in [9.17, 15) is 8.42 Å². The Morgan fingerprint density at radius 2 is 1.82 bits per heavy atom. The normalized spacial score (nSPS) is 11.5. The Hall–Kier alpha value is -1.52. The fourth-order valence-corrected chi connectivity index (χ4v) is 3.33. The summed E-state index contributed by atoms with van der Waals surface area (Å²) in [5.41, 5.74) is 1.99. The summed E-state index contributed by atoms with van der Waals surface area (Å²) in [5, 5.41) is 7.10. The summed E-state index contributed by atoms with van der Waals surface area (Å²) in [6.45, 7) is 1.20. The first-order valence-corrected chi connectivity index (χ1v) is 10.7. The zero-order valence-electron chi connectivity index (χ0n) is 16.0. The molecule has 6 nitrogen and oxygen atoms in total. The predicted molar refractivity (Wildman–Crippen MR) is 125 cm³/mol. The monoisotopic (exact) mass is 537 g/mol. The van der Waals surface area contributed by atoms with Crippen LogP contribution in [0.5, 0.6) is 5.75 Å². The average molecular weight is 538 g/mol. The summed E-state index contributed by atoms with van der Waals surface area (Å²) in [5.74, 6) is 1.39. The maximum atomic E-state index is 11.5. The van der Waals surface area contributed by atoms with Gasteiger partial charge in [0.2, 0.25) is 0 Å². The highest BCUT2D eigenvalue weighted by Gasteiger charge is 2.07. The van der Waals surface area contributed by atoms with Gasteiger partial charge in [0.1, 0.15) is 5.75 Å². The molecule has 0 saturated carbocycles. The molecule has 0 aliphatic rings. The maximum Gasteiger partial charge on any atom is 0.191 e. The Bertz CT molecular complexity index is 903. The van der Waals surface area contributed by atoms with Crippen molar-refractivity contribution in [2.75, 3.05) is 27.0 Å². The van der Waals surface area contributed by atoms with Crippen LogP contribution in [0.1, 0.15) is 11.1 Å². The van der Waals surface area contributed by atoms with E-state index in [0.717, 1.165) is 23.3 Å². The lowest BCUT2D eigenvalue weighted by Crippen LogP contribution is -2.37. The highest BCUT2D eigenvalue weighted by molar-refractivity contribution is 14.0. The summed E-state index contributed by atoms with van der Waals surface area (Å²) in [7, 11) is 0.128. The fraction of sp³-hybridized carbons (Fsp3) is 0.316. The molecule has 0 aliphatic carbocycles. The standard InChI is InChI=1S/C19H24ClN3O3S.HI/c1-21-19(22-11-10-15-6-7-16(26-2)12-18(15)20)23-13-14-4-8-17(9-5-14)27(3,24)25;/h4-9,12H,10-11,13H2,1-3H3,(H2,21,22,23);1H. The second-order valence-corrected chi connectivity index (χ2v) is 8.40. The number of ether oxygens (including phenoxy) is 1. The van der Waals surface area contributed by atoms with Crippen LogP contribution in [0.4, 0.5) is 0 Å². The van der Waals surface area contributed by atoms with Crippen LogP contribution in [0.2, 0.25) is 5.02 Å². The molecule has 2 N–H and O–H groups in total. The first-order chi connectivity index (χ1) is 12.8. The van der Waals surface area contributed by atoms with Crippen molar-refractivity contribution in [1.29, 1.82) is 0 Å². The van der Waals surface area contributed by atoms with Crippen molar-refractivity contribution in [1.82, 2.24) is 10.6 Å². The fourth-order valence-electron chi connectivity index (χ4n) is 2.43. The van der Waals surface area contributed by atoms with E-state index in [2.05, 4.69) is 15.6 Å². The van der Waals surface area contributed by atoms with Gasteiger partial charge in [-0.25, -0.2) is 8.42 Å². The van der Waals surface area contributed by atoms with Crippen molar-refractivity contribution in [3.05, 3.63) is 58.6 Å². The number of halogens is 2. The topological polar surface area (TPSA) is 79.8 Å². The Morgan fingerprint density at radius 1 is 1.14 bits per heavy atom. The molecular formula is C19H25ClIN3O3S. The molecule has 0 spiro atoms. The molecule has 0 saturated heterocycles. The number of sulfone groups is 1. The Labute approximate surface area is 188 Å². The number of rotatable bonds is 7. The van der Waals surface area contributed by atoms with Gasteiger partial charge in [-0.2, -0.15) is 0 Å². The molecule has 0 aromatic heterocycles. The average Bonchev–Trinajstić information content (AvgIpc) is 2.65. The molecule has 0 heterocycles. The van der Waals surface area contributed by atoms with Gasteiger partial charge in [-0.15, -0.1) is 24.0 Å². The summed E-state index contributed by atoms with van der Waals surface area (Å²) < 4.78 is 28.1. The van der Waals surface area contributed by atoms with Crippen LogP contribution in [0.25, 0.3) is 0 Å². The quantitative estimate of drug-likeness (QED) is 0.322. The summed E-state index contributed by atoms with van der Waals surface area (Å²) in [4.78, 5) is 4.50. The van der Waals surface area contributed by atoms with Crippen molar-refractivity contribution in [3.63, 3.8) is 0 Å². The molecule has 28 heavy (non-hydrogen) atoms. The van der Waals surface area contributed by atoms with E-state index >= 15 is 0 Å². The molecule has 2 aromatic rings. The van der Waals surface area contributed by atoms with Crippen LogP contribution in [0.3, 0.4) is 0 Å². The van der Waals surface area contributed by atoms with Crippen molar-refractivity contribution < 1.29 is 13.2 Å². The van der Waals surface area contributed by atoms with E-state index in [1.165, 1.54) is 6.26 Å². The lowest BCUT2D eigenvalue weighted by Gasteiger charge is -2.13. The number of guanidine groups is 1. The molecule has 2 rings (SSSR count). The first-order valence-electron chi connectivity index (χ1n) is 8.39. The molecule has 0 aliphatic heterocycles. The molecule has 0 amide bonds. The van der Waals surface area contributed by atoms with E-state index in [0.29, 0.717) is 29.0 Å². The smallest absolute Gasteiger partial charge is 0.191 e. The third-order valence-electron chi connectivity index (χ3n) is 3.98. The highest BCUT2D eigenvalue weighted by Crippen LogP contribution is 2.22. The lowest BCUT2D eigenvalue weighted by atomic mass is 10.1. The third kappa shape index (κ3) is 7.48. The van der Waals surface area contributed by atoms with Crippen molar-refractivity contribution >= 4 is 51.4 Å². The number of nitrogens with one attached hydrogen (secondary N) is 2. The third-order valence-corrected chi connectivity index (χ3v) is 5.46. The number of benzene rings is 2. The van der Waals surface area contributed by atoms with E-state index in [4.69, 9.17) is 16.3 Å². The van der Waals surface area contributed by atoms with Crippen molar-refractivity contribution in [2.24, 2.45) is 4.99 Å². The first kappa shape index (κ1) is 24.5. The minimum atomic E-state index is -3.18. The maximum absolute atomic E-state index is 11.5. The SMILES string of the molecule is CN=C(NCCc1ccc(OC)cc1Cl)NCc1ccc(S(C)(=O)=O)cc1.I. The van der Waals surface area contributed by atoms with Crippen LogP contribution < -0.4 is 15.4 Å². The van der Waals surface area contributed by atoms with Crippen LogP contribution in [0.15, 0.2) is 52.4 Å².